The van der Waals surface area contributed by atoms with Crippen LogP contribution in [0, 0.1) is 5.92 Å². The Hall–Kier alpha value is -1.35. The van der Waals surface area contributed by atoms with Gasteiger partial charge in [0, 0.05) is 12.0 Å². The molecule has 0 aromatic heterocycles. The van der Waals surface area contributed by atoms with Gasteiger partial charge in [0.25, 0.3) is 0 Å². The van der Waals surface area contributed by atoms with Crippen molar-refractivity contribution >= 4 is 5.91 Å². The second-order valence-electron chi connectivity index (χ2n) is 6.23. The SMILES string of the molecule is C[C@H]1C[C@@H](C(=O)NC2CCCc3ccccc32)CCN1. The Balaban J connectivity index is 1.68. The molecule has 0 radical (unpaired) electrons. The van der Waals surface area contributed by atoms with Crippen LogP contribution in [-0.4, -0.2) is 18.5 Å². The zero-order valence-corrected chi connectivity index (χ0v) is 12.2. The third-order valence-electron chi connectivity index (χ3n) is 4.68. The topological polar surface area (TPSA) is 41.1 Å². The quantitative estimate of drug-likeness (QED) is 0.869. The van der Waals surface area contributed by atoms with Crippen LogP contribution in [0.3, 0.4) is 0 Å². The van der Waals surface area contributed by atoms with Crippen molar-refractivity contribution in [3.8, 4) is 0 Å². The van der Waals surface area contributed by atoms with Crippen LogP contribution in [0.1, 0.15) is 49.8 Å². The molecule has 1 amide bonds. The molecule has 0 saturated carbocycles. The van der Waals surface area contributed by atoms with E-state index in [9.17, 15) is 4.79 Å². The highest BCUT2D eigenvalue weighted by atomic mass is 16.1. The molecule has 20 heavy (non-hydrogen) atoms. The van der Waals surface area contributed by atoms with E-state index in [4.69, 9.17) is 0 Å². The van der Waals surface area contributed by atoms with Gasteiger partial charge in [-0.2, -0.15) is 0 Å². The summed E-state index contributed by atoms with van der Waals surface area (Å²) in [5.74, 6) is 0.431. The highest BCUT2D eigenvalue weighted by Gasteiger charge is 2.28. The summed E-state index contributed by atoms with van der Waals surface area (Å²) < 4.78 is 0. The van der Waals surface area contributed by atoms with Crippen LogP contribution in [-0.2, 0) is 11.2 Å². The first kappa shape index (κ1) is 13.6. The van der Waals surface area contributed by atoms with Crippen molar-refractivity contribution in [2.24, 2.45) is 5.92 Å². The monoisotopic (exact) mass is 272 g/mol. The lowest BCUT2D eigenvalue weighted by molar-refractivity contribution is -0.127. The predicted octanol–water partition coefficient (Wildman–Crippen LogP) is 2.57. The van der Waals surface area contributed by atoms with Crippen molar-refractivity contribution in [2.75, 3.05) is 6.54 Å². The van der Waals surface area contributed by atoms with Gasteiger partial charge in [-0.15, -0.1) is 0 Å². The Morgan fingerprint density at radius 2 is 2.15 bits per heavy atom. The molecule has 0 spiro atoms. The Morgan fingerprint density at radius 1 is 1.30 bits per heavy atom. The molecule has 1 unspecified atom stereocenters. The number of fused-ring (bicyclic) bond motifs is 1. The number of piperidine rings is 1. The van der Waals surface area contributed by atoms with Crippen LogP contribution in [0.25, 0.3) is 0 Å². The van der Waals surface area contributed by atoms with E-state index < -0.39 is 0 Å². The number of carbonyl (C=O) groups excluding carboxylic acids is 1. The van der Waals surface area contributed by atoms with Crippen LogP contribution in [0.5, 0.6) is 0 Å². The summed E-state index contributed by atoms with van der Waals surface area (Å²) >= 11 is 0. The van der Waals surface area contributed by atoms with Crippen LogP contribution >= 0.6 is 0 Å². The zero-order valence-electron chi connectivity index (χ0n) is 12.2. The van der Waals surface area contributed by atoms with Gasteiger partial charge in [0.1, 0.15) is 0 Å². The standard InChI is InChI=1S/C17H24N2O/c1-12-11-14(9-10-18-12)17(20)19-16-8-4-6-13-5-2-3-7-15(13)16/h2-3,5,7,12,14,16,18H,4,6,8-11H2,1H3,(H,19,20)/t12-,14-,16?/m0/s1. The van der Waals surface area contributed by atoms with Crippen LogP contribution in [0.2, 0.25) is 0 Å². The fourth-order valence-corrected chi connectivity index (χ4v) is 3.56. The van der Waals surface area contributed by atoms with Crippen LogP contribution in [0.15, 0.2) is 24.3 Å². The first-order valence-electron chi connectivity index (χ1n) is 7.85. The number of hydrogen-bond acceptors (Lipinski definition) is 2. The van der Waals surface area contributed by atoms with Crippen LogP contribution in [0.4, 0.5) is 0 Å². The van der Waals surface area contributed by atoms with Gasteiger partial charge >= 0.3 is 0 Å². The Morgan fingerprint density at radius 3 is 3.00 bits per heavy atom. The van der Waals surface area contributed by atoms with Crippen molar-refractivity contribution in [2.45, 2.75) is 51.1 Å². The van der Waals surface area contributed by atoms with Gasteiger partial charge in [0.05, 0.1) is 6.04 Å². The largest absolute Gasteiger partial charge is 0.349 e. The predicted molar refractivity (Wildman–Crippen MR) is 80.5 cm³/mol. The summed E-state index contributed by atoms with van der Waals surface area (Å²) in [7, 11) is 0. The molecule has 3 nitrogen and oxygen atoms in total. The molecule has 1 aliphatic heterocycles. The van der Waals surface area contributed by atoms with Crippen molar-refractivity contribution in [3.63, 3.8) is 0 Å². The lowest BCUT2D eigenvalue weighted by Crippen LogP contribution is -2.43. The number of aryl methyl sites for hydroxylation is 1. The zero-order chi connectivity index (χ0) is 13.9. The Kier molecular flexibility index (Phi) is 4.06. The number of rotatable bonds is 2. The van der Waals surface area contributed by atoms with Gasteiger partial charge in [-0.1, -0.05) is 24.3 Å². The Bertz CT molecular complexity index is 486. The van der Waals surface area contributed by atoms with Gasteiger partial charge in [-0.3, -0.25) is 4.79 Å². The maximum atomic E-state index is 12.5. The third-order valence-corrected chi connectivity index (χ3v) is 4.68. The second kappa shape index (κ2) is 5.96. The minimum Gasteiger partial charge on any atom is -0.349 e. The molecule has 2 aliphatic rings. The van der Waals surface area contributed by atoms with Gasteiger partial charge in [-0.25, -0.2) is 0 Å². The molecule has 2 N–H and O–H groups in total. The molecule has 1 aliphatic carbocycles. The maximum absolute atomic E-state index is 12.5. The number of nitrogens with one attached hydrogen (secondary N) is 2. The molecule has 1 saturated heterocycles. The number of hydrogen-bond donors (Lipinski definition) is 2. The third kappa shape index (κ3) is 2.88. The molecule has 1 aromatic carbocycles. The summed E-state index contributed by atoms with van der Waals surface area (Å²) in [6.45, 7) is 3.12. The van der Waals surface area contributed by atoms with Gasteiger partial charge in [0.2, 0.25) is 5.91 Å². The van der Waals surface area contributed by atoms with Gasteiger partial charge in [-0.05, 0) is 56.7 Å². The van der Waals surface area contributed by atoms with Crippen LogP contribution < -0.4 is 10.6 Å². The molecular formula is C17H24N2O. The molecule has 0 bridgehead atoms. The lowest BCUT2D eigenvalue weighted by Gasteiger charge is -2.31. The van der Waals surface area contributed by atoms with E-state index in [0.717, 1.165) is 32.2 Å². The minimum absolute atomic E-state index is 0.181. The number of benzene rings is 1. The fourth-order valence-electron chi connectivity index (χ4n) is 3.56. The molecule has 3 rings (SSSR count). The highest BCUT2D eigenvalue weighted by molar-refractivity contribution is 5.79. The average Bonchev–Trinajstić information content (AvgIpc) is 2.47. The fraction of sp³-hybridized carbons (Fsp3) is 0.588. The summed E-state index contributed by atoms with van der Waals surface area (Å²) in [5.41, 5.74) is 2.73. The smallest absolute Gasteiger partial charge is 0.223 e. The number of amides is 1. The molecule has 3 atom stereocenters. The van der Waals surface area contributed by atoms with Gasteiger partial charge < -0.3 is 10.6 Å². The first-order chi connectivity index (χ1) is 9.74. The summed E-state index contributed by atoms with van der Waals surface area (Å²) in [5, 5.41) is 6.70. The van der Waals surface area contributed by atoms with E-state index >= 15 is 0 Å². The highest BCUT2D eigenvalue weighted by Crippen LogP contribution is 2.30. The molecule has 1 aromatic rings. The van der Waals surface area contributed by atoms with E-state index in [2.05, 4.69) is 41.8 Å². The maximum Gasteiger partial charge on any atom is 0.223 e. The first-order valence-corrected chi connectivity index (χ1v) is 7.85. The van der Waals surface area contributed by atoms with E-state index in [1.165, 1.54) is 17.5 Å². The van der Waals surface area contributed by atoms with E-state index in [-0.39, 0.29) is 17.9 Å². The molecular weight excluding hydrogens is 248 g/mol. The van der Waals surface area contributed by atoms with Crippen molar-refractivity contribution in [1.82, 2.24) is 10.6 Å². The van der Waals surface area contributed by atoms with Gasteiger partial charge in [0.15, 0.2) is 0 Å². The van der Waals surface area contributed by atoms with E-state index in [1.54, 1.807) is 0 Å². The molecule has 108 valence electrons. The van der Waals surface area contributed by atoms with Crippen molar-refractivity contribution in [3.05, 3.63) is 35.4 Å². The lowest BCUT2D eigenvalue weighted by atomic mass is 9.86. The molecule has 1 fully saturated rings. The van der Waals surface area contributed by atoms with E-state index in [1.807, 2.05) is 0 Å². The summed E-state index contributed by atoms with van der Waals surface area (Å²) in [4.78, 5) is 12.5. The normalized spacial score (nSPS) is 29.6. The average molecular weight is 272 g/mol. The molecule has 1 heterocycles. The van der Waals surface area contributed by atoms with Crippen molar-refractivity contribution < 1.29 is 4.79 Å². The summed E-state index contributed by atoms with van der Waals surface area (Å²) in [6, 6.07) is 9.22. The summed E-state index contributed by atoms with van der Waals surface area (Å²) in [6.07, 6.45) is 5.31. The molecule has 3 heteroatoms. The Labute approximate surface area is 121 Å². The van der Waals surface area contributed by atoms with Crippen molar-refractivity contribution in [1.29, 1.82) is 0 Å². The minimum atomic E-state index is 0.181. The van der Waals surface area contributed by atoms with E-state index in [0.29, 0.717) is 6.04 Å². The number of carbonyl (C=O) groups is 1. The second-order valence-corrected chi connectivity index (χ2v) is 6.23.